The molecule has 1 aliphatic rings. The summed E-state index contributed by atoms with van der Waals surface area (Å²) in [6.07, 6.45) is 6.76. The van der Waals surface area contributed by atoms with Gasteiger partial charge in [-0.3, -0.25) is 4.90 Å². The van der Waals surface area contributed by atoms with Gasteiger partial charge in [0.15, 0.2) is 0 Å². The fourth-order valence-corrected chi connectivity index (χ4v) is 2.57. The molecule has 1 aliphatic heterocycles. The van der Waals surface area contributed by atoms with E-state index in [4.69, 9.17) is 4.52 Å². The quantitative estimate of drug-likeness (QED) is 0.855. The summed E-state index contributed by atoms with van der Waals surface area (Å²) in [6.45, 7) is 4.33. The lowest BCUT2D eigenvalue weighted by molar-refractivity contribution is 0.179. The molecular formula is C14H19N5O. The number of likely N-dealkylation sites (tertiary alicyclic amines) is 1. The van der Waals surface area contributed by atoms with Gasteiger partial charge in [-0.05, 0) is 45.0 Å². The van der Waals surface area contributed by atoms with Crippen molar-refractivity contribution in [3.63, 3.8) is 0 Å². The van der Waals surface area contributed by atoms with Gasteiger partial charge < -0.3 is 4.52 Å². The summed E-state index contributed by atoms with van der Waals surface area (Å²) < 4.78 is 5.40. The summed E-state index contributed by atoms with van der Waals surface area (Å²) in [4.78, 5) is 6.88. The molecule has 3 heterocycles. The van der Waals surface area contributed by atoms with Crippen LogP contribution in [-0.4, -0.2) is 38.3 Å². The molecule has 6 heteroatoms. The highest BCUT2D eigenvalue weighted by Crippen LogP contribution is 2.24. The Morgan fingerprint density at radius 1 is 1.20 bits per heavy atom. The van der Waals surface area contributed by atoms with Gasteiger partial charge in [-0.2, -0.15) is 10.1 Å². The van der Waals surface area contributed by atoms with Crippen LogP contribution in [-0.2, 0) is 0 Å². The van der Waals surface area contributed by atoms with Gasteiger partial charge in [0.2, 0.25) is 11.7 Å². The molecule has 0 amide bonds. The van der Waals surface area contributed by atoms with Crippen LogP contribution in [0.15, 0.2) is 22.9 Å². The predicted molar refractivity (Wildman–Crippen MR) is 73.8 cm³/mol. The average molecular weight is 273 g/mol. The van der Waals surface area contributed by atoms with E-state index >= 15 is 0 Å². The van der Waals surface area contributed by atoms with Crippen molar-refractivity contribution in [1.29, 1.82) is 0 Å². The molecule has 20 heavy (non-hydrogen) atoms. The molecule has 0 spiro atoms. The van der Waals surface area contributed by atoms with Crippen LogP contribution >= 0.6 is 0 Å². The first kappa shape index (κ1) is 13.2. The van der Waals surface area contributed by atoms with Crippen LogP contribution in [0.4, 0.5) is 0 Å². The minimum Gasteiger partial charge on any atom is -0.337 e. The minimum atomic E-state index is 0.158. The van der Waals surface area contributed by atoms with Gasteiger partial charge in [0.05, 0.1) is 6.04 Å². The second kappa shape index (κ2) is 6.09. The molecule has 1 atom stereocenters. The highest BCUT2D eigenvalue weighted by atomic mass is 16.5. The largest absolute Gasteiger partial charge is 0.337 e. The fourth-order valence-electron chi connectivity index (χ4n) is 2.57. The number of hydrogen-bond acceptors (Lipinski definition) is 6. The molecule has 0 saturated carbocycles. The van der Waals surface area contributed by atoms with Crippen molar-refractivity contribution in [3.05, 3.63) is 24.2 Å². The maximum Gasteiger partial charge on any atom is 0.244 e. The Labute approximate surface area is 118 Å². The van der Waals surface area contributed by atoms with Gasteiger partial charge in [0.25, 0.3) is 0 Å². The minimum absolute atomic E-state index is 0.158. The van der Waals surface area contributed by atoms with Crippen molar-refractivity contribution in [2.75, 3.05) is 13.1 Å². The lowest BCUT2D eigenvalue weighted by atomic mass is 10.2. The average Bonchev–Trinajstić information content (AvgIpc) is 2.83. The van der Waals surface area contributed by atoms with Gasteiger partial charge in [0.1, 0.15) is 5.69 Å². The third kappa shape index (κ3) is 2.85. The Morgan fingerprint density at radius 2 is 2.00 bits per heavy atom. The van der Waals surface area contributed by atoms with Gasteiger partial charge in [-0.25, -0.2) is 0 Å². The number of nitrogens with zero attached hydrogens (tertiary/aromatic N) is 5. The summed E-state index contributed by atoms with van der Waals surface area (Å²) in [5.74, 6) is 1.17. The SMILES string of the molecule is C[C@@H](c1nc(-c2cccnn2)no1)N1CCCCCC1. The highest BCUT2D eigenvalue weighted by Gasteiger charge is 2.23. The molecule has 1 saturated heterocycles. The predicted octanol–water partition coefficient (Wildman–Crippen LogP) is 2.46. The lowest BCUT2D eigenvalue weighted by Gasteiger charge is -2.24. The molecule has 0 aromatic carbocycles. The molecule has 0 unspecified atom stereocenters. The molecule has 2 aromatic heterocycles. The molecule has 6 nitrogen and oxygen atoms in total. The number of hydrogen-bond donors (Lipinski definition) is 0. The van der Waals surface area contributed by atoms with E-state index < -0.39 is 0 Å². The van der Waals surface area contributed by atoms with Gasteiger partial charge >= 0.3 is 0 Å². The van der Waals surface area contributed by atoms with E-state index in [1.54, 1.807) is 6.20 Å². The monoisotopic (exact) mass is 273 g/mol. The number of aromatic nitrogens is 4. The molecule has 3 rings (SSSR count). The van der Waals surface area contributed by atoms with E-state index in [0.29, 0.717) is 17.4 Å². The number of rotatable bonds is 3. The third-order valence-corrected chi connectivity index (χ3v) is 3.79. The van der Waals surface area contributed by atoms with Crippen LogP contribution in [0.3, 0.4) is 0 Å². The maximum atomic E-state index is 5.40. The van der Waals surface area contributed by atoms with Crippen molar-refractivity contribution >= 4 is 0 Å². The van der Waals surface area contributed by atoms with Crippen LogP contribution in [0.25, 0.3) is 11.5 Å². The molecule has 0 aliphatic carbocycles. The first-order valence-corrected chi connectivity index (χ1v) is 7.20. The molecule has 0 radical (unpaired) electrons. The molecule has 106 valence electrons. The van der Waals surface area contributed by atoms with Crippen LogP contribution in [0.2, 0.25) is 0 Å². The Hall–Kier alpha value is -1.82. The zero-order valence-corrected chi connectivity index (χ0v) is 11.7. The van der Waals surface area contributed by atoms with Crippen molar-refractivity contribution in [2.45, 2.75) is 38.6 Å². The molecule has 1 fully saturated rings. The summed E-state index contributed by atoms with van der Waals surface area (Å²) in [7, 11) is 0. The van der Waals surface area contributed by atoms with Crippen LogP contribution < -0.4 is 0 Å². The summed E-state index contributed by atoms with van der Waals surface area (Å²) in [5.41, 5.74) is 0.644. The molecule has 2 aromatic rings. The highest BCUT2D eigenvalue weighted by molar-refractivity contribution is 5.46. The molecule has 0 N–H and O–H groups in total. The van der Waals surface area contributed by atoms with Crippen LogP contribution in [0, 0.1) is 0 Å². The summed E-state index contributed by atoms with van der Waals surface area (Å²) in [5, 5.41) is 11.8. The molecular weight excluding hydrogens is 254 g/mol. The van der Waals surface area contributed by atoms with Crippen molar-refractivity contribution in [1.82, 2.24) is 25.2 Å². The topological polar surface area (TPSA) is 67.9 Å². The van der Waals surface area contributed by atoms with Gasteiger partial charge in [0, 0.05) is 6.20 Å². The van der Waals surface area contributed by atoms with Gasteiger partial charge in [-0.15, -0.1) is 5.10 Å². The molecule has 0 bridgehead atoms. The Morgan fingerprint density at radius 3 is 2.70 bits per heavy atom. The zero-order chi connectivity index (χ0) is 13.8. The van der Waals surface area contributed by atoms with E-state index in [-0.39, 0.29) is 6.04 Å². The van der Waals surface area contributed by atoms with E-state index in [1.807, 2.05) is 12.1 Å². The lowest BCUT2D eigenvalue weighted by Crippen LogP contribution is -2.28. The Bertz CT molecular complexity index is 534. The normalized spacial score (nSPS) is 18.6. The van der Waals surface area contributed by atoms with Crippen LogP contribution in [0.5, 0.6) is 0 Å². The zero-order valence-electron chi connectivity index (χ0n) is 11.7. The van der Waals surface area contributed by atoms with Crippen molar-refractivity contribution in [3.8, 4) is 11.5 Å². The van der Waals surface area contributed by atoms with E-state index in [1.165, 1.54) is 25.7 Å². The maximum absolute atomic E-state index is 5.40. The van der Waals surface area contributed by atoms with E-state index in [0.717, 1.165) is 13.1 Å². The van der Waals surface area contributed by atoms with Crippen molar-refractivity contribution in [2.24, 2.45) is 0 Å². The smallest absolute Gasteiger partial charge is 0.244 e. The fraction of sp³-hybridized carbons (Fsp3) is 0.571. The second-order valence-corrected chi connectivity index (χ2v) is 5.19. The second-order valence-electron chi connectivity index (χ2n) is 5.19. The summed E-state index contributed by atoms with van der Waals surface area (Å²) >= 11 is 0. The summed E-state index contributed by atoms with van der Waals surface area (Å²) in [6, 6.07) is 3.81. The first-order chi connectivity index (χ1) is 9.84. The third-order valence-electron chi connectivity index (χ3n) is 3.79. The van der Waals surface area contributed by atoms with E-state index in [2.05, 4.69) is 32.2 Å². The van der Waals surface area contributed by atoms with Crippen molar-refractivity contribution < 1.29 is 4.52 Å². The Kier molecular flexibility index (Phi) is 4.01. The standard InChI is InChI=1S/C14H19N5O/c1-11(19-9-4-2-3-5-10-19)14-16-13(18-20-14)12-7-6-8-15-17-12/h6-8,11H,2-5,9-10H2,1H3/t11-/m0/s1. The van der Waals surface area contributed by atoms with E-state index in [9.17, 15) is 0 Å². The van der Waals surface area contributed by atoms with Gasteiger partial charge in [-0.1, -0.05) is 18.0 Å². The first-order valence-electron chi connectivity index (χ1n) is 7.20. The Balaban J connectivity index is 1.75. The van der Waals surface area contributed by atoms with Crippen LogP contribution in [0.1, 0.15) is 44.5 Å².